The number of hydrogen-bond donors (Lipinski definition) is 1. The minimum atomic E-state index is -0.670. The summed E-state index contributed by atoms with van der Waals surface area (Å²) in [6.45, 7) is 7.12. The lowest BCUT2D eigenvalue weighted by atomic mass is 9.73. The average Bonchev–Trinajstić information content (AvgIpc) is 2.64. The van der Waals surface area contributed by atoms with Gasteiger partial charge in [0.15, 0.2) is 0 Å². The third-order valence-electron chi connectivity index (χ3n) is 5.75. The van der Waals surface area contributed by atoms with Gasteiger partial charge < -0.3 is 15.0 Å². The van der Waals surface area contributed by atoms with Crippen LogP contribution < -0.4 is 5.32 Å². The highest BCUT2D eigenvalue weighted by atomic mass is 19.1. The van der Waals surface area contributed by atoms with Crippen molar-refractivity contribution in [3.8, 4) is 0 Å². The molecule has 1 amide bonds. The molecule has 1 N–H and O–H groups in total. The molecular formula is C20H29FN2O2. The summed E-state index contributed by atoms with van der Waals surface area (Å²) in [6.07, 6.45) is 3.67. The van der Waals surface area contributed by atoms with Gasteiger partial charge in [0.1, 0.15) is 5.82 Å². The van der Waals surface area contributed by atoms with Gasteiger partial charge in [-0.2, -0.15) is 0 Å². The van der Waals surface area contributed by atoms with Gasteiger partial charge in [-0.1, -0.05) is 19.1 Å². The Morgan fingerprint density at radius 3 is 2.72 bits per heavy atom. The summed E-state index contributed by atoms with van der Waals surface area (Å²) in [5.41, 5.74) is 0.0941. The molecule has 5 heteroatoms. The van der Waals surface area contributed by atoms with Crippen LogP contribution in [-0.2, 0) is 14.9 Å². The number of piperidine rings is 1. The number of rotatable bonds is 5. The molecule has 0 bridgehead atoms. The lowest BCUT2D eigenvalue weighted by Gasteiger charge is -2.37. The van der Waals surface area contributed by atoms with E-state index in [-0.39, 0.29) is 11.7 Å². The minimum absolute atomic E-state index is 0.00628. The third-order valence-corrected chi connectivity index (χ3v) is 5.75. The Balaban J connectivity index is 1.62. The lowest BCUT2D eigenvalue weighted by molar-refractivity contribution is -0.130. The van der Waals surface area contributed by atoms with Crippen molar-refractivity contribution >= 4 is 5.91 Å². The van der Waals surface area contributed by atoms with E-state index in [0.717, 1.165) is 31.1 Å². The van der Waals surface area contributed by atoms with Crippen LogP contribution in [-0.4, -0.2) is 50.2 Å². The largest absolute Gasteiger partial charge is 0.381 e. The predicted molar refractivity (Wildman–Crippen MR) is 96.0 cm³/mol. The van der Waals surface area contributed by atoms with Gasteiger partial charge in [-0.25, -0.2) is 4.39 Å². The minimum Gasteiger partial charge on any atom is -0.381 e. The number of halogens is 1. The number of carbonyl (C=O) groups is 1. The number of carbonyl (C=O) groups excluding carboxylic acids is 1. The molecule has 2 aliphatic heterocycles. The highest BCUT2D eigenvalue weighted by Crippen LogP contribution is 2.35. The molecule has 2 heterocycles. The smallest absolute Gasteiger partial charge is 0.230 e. The lowest BCUT2D eigenvalue weighted by Crippen LogP contribution is -2.50. The fraction of sp³-hybridized carbons (Fsp3) is 0.650. The van der Waals surface area contributed by atoms with E-state index in [4.69, 9.17) is 4.74 Å². The van der Waals surface area contributed by atoms with Crippen LogP contribution in [0.15, 0.2) is 24.3 Å². The van der Waals surface area contributed by atoms with Crippen LogP contribution in [0, 0.1) is 11.7 Å². The molecule has 0 radical (unpaired) electrons. The molecule has 2 saturated heterocycles. The Kier molecular flexibility index (Phi) is 6.07. The maximum absolute atomic E-state index is 13.7. The Hall–Kier alpha value is -1.46. The summed E-state index contributed by atoms with van der Waals surface area (Å²) in [6, 6.07) is 6.47. The zero-order chi connectivity index (χ0) is 17.7. The Labute approximate surface area is 149 Å². The van der Waals surface area contributed by atoms with Gasteiger partial charge in [0, 0.05) is 26.3 Å². The van der Waals surface area contributed by atoms with E-state index in [1.54, 1.807) is 6.07 Å². The van der Waals surface area contributed by atoms with E-state index in [0.29, 0.717) is 32.6 Å². The van der Waals surface area contributed by atoms with Crippen molar-refractivity contribution in [2.45, 2.75) is 38.0 Å². The summed E-state index contributed by atoms with van der Waals surface area (Å²) in [5, 5.41) is 3.11. The Morgan fingerprint density at radius 2 is 2.04 bits per heavy atom. The second kappa shape index (κ2) is 8.28. The second-order valence-corrected chi connectivity index (χ2v) is 7.48. The first kappa shape index (κ1) is 18.3. The molecule has 0 aliphatic carbocycles. The molecule has 3 rings (SSSR count). The van der Waals surface area contributed by atoms with Gasteiger partial charge in [-0.05, 0) is 62.4 Å². The molecule has 0 atom stereocenters. The highest BCUT2D eigenvalue weighted by Gasteiger charge is 2.41. The number of benzene rings is 1. The van der Waals surface area contributed by atoms with Crippen LogP contribution in [0.3, 0.4) is 0 Å². The summed E-state index contributed by atoms with van der Waals surface area (Å²) in [4.78, 5) is 15.4. The van der Waals surface area contributed by atoms with Crippen LogP contribution in [0.25, 0.3) is 0 Å². The molecule has 1 aromatic carbocycles. The van der Waals surface area contributed by atoms with Crippen molar-refractivity contribution < 1.29 is 13.9 Å². The average molecular weight is 348 g/mol. The van der Waals surface area contributed by atoms with Crippen molar-refractivity contribution in [3.63, 3.8) is 0 Å². The van der Waals surface area contributed by atoms with Crippen molar-refractivity contribution in [2.75, 3.05) is 39.4 Å². The van der Waals surface area contributed by atoms with Crippen LogP contribution in [0.2, 0.25) is 0 Å². The monoisotopic (exact) mass is 348 g/mol. The van der Waals surface area contributed by atoms with Gasteiger partial charge in [0.25, 0.3) is 0 Å². The zero-order valence-electron chi connectivity index (χ0n) is 15.1. The van der Waals surface area contributed by atoms with Gasteiger partial charge >= 0.3 is 0 Å². The summed E-state index contributed by atoms with van der Waals surface area (Å²) >= 11 is 0. The van der Waals surface area contributed by atoms with Crippen LogP contribution in [0.4, 0.5) is 4.39 Å². The molecule has 0 spiro atoms. The number of hydrogen-bond acceptors (Lipinski definition) is 3. The second-order valence-electron chi connectivity index (χ2n) is 7.48. The zero-order valence-corrected chi connectivity index (χ0v) is 15.1. The number of amides is 1. The number of nitrogens with one attached hydrogen (secondary N) is 1. The SMILES string of the molecule is CC1CCN(CCNC(=O)C2(c3cccc(F)c3)CCOCC2)CC1. The molecular weight excluding hydrogens is 319 g/mol. The van der Waals surface area contributed by atoms with Crippen LogP contribution in [0.5, 0.6) is 0 Å². The summed E-state index contributed by atoms with van der Waals surface area (Å²) in [7, 11) is 0. The molecule has 0 saturated carbocycles. The fourth-order valence-electron chi connectivity index (χ4n) is 3.94. The standard InChI is InChI=1S/C20H29FN2O2/c1-16-5-10-23(11-6-16)12-9-22-19(24)20(7-13-25-14-8-20)17-3-2-4-18(21)15-17/h2-4,15-16H,5-14H2,1H3,(H,22,24). The Morgan fingerprint density at radius 1 is 1.32 bits per heavy atom. The van der Waals surface area contributed by atoms with E-state index in [9.17, 15) is 9.18 Å². The van der Waals surface area contributed by atoms with E-state index in [1.165, 1.54) is 25.0 Å². The van der Waals surface area contributed by atoms with Crippen molar-refractivity contribution in [3.05, 3.63) is 35.6 Å². The summed E-state index contributed by atoms with van der Waals surface area (Å²) in [5.74, 6) is 0.523. The van der Waals surface area contributed by atoms with E-state index < -0.39 is 5.41 Å². The first-order valence-electron chi connectivity index (χ1n) is 9.45. The molecule has 2 aliphatic rings. The molecule has 2 fully saturated rings. The third kappa shape index (κ3) is 4.39. The molecule has 25 heavy (non-hydrogen) atoms. The van der Waals surface area contributed by atoms with Gasteiger partial charge in [-0.15, -0.1) is 0 Å². The molecule has 0 unspecified atom stereocenters. The molecule has 4 nitrogen and oxygen atoms in total. The number of likely N-dealkylation sites (tertiary alicyclic amines) is 1. The van der Waals surface area contributed by atoms with Gasteiger partial charge in [-0.3, -0.25) is 4.79 Å². The topological polar surface area (TPSA) is 41.6 Å². The first-order chi connectivity index (χ1) is 12.1. The maximum Gasteiger partial charge on any atom is 0.230 e. The normalized spacial score (nSPS) is 21.8. The highest BCUT2D eigenvalue weighted by molar-refractivity contribution is 5.88. The molecule has 1 aromatic rings. The summed E-state index contributed by atoms with van der Waals surface area (Å²) < 4.78 is 19.2. The number of nitrogens with zero attached hydrogens (tertiary/aromatic N) is 1. The maximum atomic E-state index is 13.7. The molecule has 0 aromatic heterocycles. The van der Waals surface area contributed by atoms with Crippen molar-refractivity contribution in [1.29, 1.82) is 0 Å². The van der Waals surface area contributed by atoms with Crippen LogP contribution >= 0.6 is 0 Å². The Bertz CT molecular complexity index is 579. The quantitative estimate of drug-likeness (QED) is 0.890. The number of ether oxygens (including phenoxy) is 1. The van der Waals surface area contributed by atoms with E-state index in [1.807, 2.05) is 6.07 Å². The van der Waals surface area contributed by atoms with Crippen LogP contribution in [0.1, 0.15) is 38.2 Å². The first-order valence-corrected chi connectivity index (χ1v) is 9.45. The van der Waals surface area contributed by atoms with Crippen molar-refractivity contribution in [2.24, 2.45) is 5.92 Å². The fourth-order valence-corrected chi connectivity index (χ4v) is 3.94. The van der Waals surface area contributed by atoms with Crippen molar-refractivity contribution in [1.82, 2.24) is 10.2 Å². The predicted octanol–water partition coefficient (Wildman–Crippen LogP) is 2.72. The van der Waals surface area contributed by atoms with E-state index >= 15 is 0 Å². The van der Waals surface area contributed by atoms with E-state index in [2.05, 4.69) is 17.1 Å². The van der Waals surface area contributed by atoms with Gasteiger partial charge in [0.2, 0.25) is 5.91 Å². The van der Waals surface area contributed by atoms with Gasteiger partial charge in [0.05, 0.1) is 5.41 Å². The molecule has 138 valence electrons.